The van der Waals surface area contributed by atoms with Crippen molar-refractivity contribution in [2.45, 2.75) is 9.99 Å². The van der Waals surface area contributed by atoms with E-state index in [0.717, 1.165) is 0 Å². The Morgan fingerprint density at radius 3 is 2.67 bits per heavy atom. The largest absolute Gasteiger partial charge is 0.478 e. The number of carboxylic acid groups (broad SMARTS) is 1. The number of furan rings is 1. The molecule has 0 saturated carbocycles. The van der Waals surface area contributed by atoms with Crippen LogP contribution in [-0.2, 0) is 0 Å². The van der Waals surface area contributed by atoms with E-state index in [2.05, 4.69) is 0 Å². The van der Waals surface area contributed by atoms with Crippen molar-refractivity contribution in [3.63, 3.8) is 0 Å². The Kier molecular flexibility index (Phi) is 2.78. The van der Waals surface area contributed by atoms with Crippen LogP contribution in [0.2, 0.25) is 0 Å². The van der Waals surface area contributed by atoms with Crippen LogP contribution >= 0.6 is 11.8 Å². The summed E-state index contributed by atoms with van der Waals surface area (Å²) in [5.41, 5.74) is 0.291. The quantitative estimate of drug-likeness (QED) is 0.863. The van der Waals surface area contributed by atoms with Crippen LogP contribution in [0, 0.1) is 0 Å². The molecule has 1 N–H and O–H groups in total. The summed E-state index contributed by atoms with van der Waals surface area (Å²) in [6.07, 6.45) is 1.56. The maximum absolute atomic E-state index is 10.9. The Morgan fingerprint density at radius 1 is 1.20 bits per heavy atom. The molecule has 0 saturated heterocycles. The molecule has 15 heavy (non-hydrogen) atoms. The van der Waals surface area contributed by atoms with Gasteiger partial charge < -0.3 is 9.52 Å². The van der Waals surface area contributed by atoms with Crippen LogP contribution in [0.4, 0.5) is 0 Å². The zero-order valence-electron chi connectivity index (χ0n) is 7.71. The molecule has 1 heterocycles. The smallest absolute Gasteiger partial charge is 0.336 e. The maximum Gasteiger partial charge on any atom is 0.336 e. The molecule has 0 spiro atoms. The first kappa shape index (κ1) is 9.86. The zero-order valence-corrected chi connectivity index (χ0v) is 8.53. The van der Waals surface area contributed by atoms with E-state index in [-0.39, 0.29) is 0 Å². The number of rotatable bonds is 3. The molecule has 0 amide bonds. The van der Waals surface area contributed by atoms with Crippen LogP contribution in [0.25, 0.3) is 0 Å². The second-order valence-electron chi connectivity index (χ2n) is 2.84. The summed E-state index contributed by atoms with van der Waals surface area (Å²) in [6.45, 7) is 0. The van der Waals surface area contributed by atoms with Crippen molar-refractivity contribution in [3.8, 4) is 0 Å². The van der Waals surface area contributed by atoms with E-state index in [9.17, 15) is 4.79 Å². The summed E-state index contributed by atoms with van der Waals surface area (Å²) in [6, 6.07) is 10.4. The summed E-state index contributed by atoms with van der Waals surface area (Å²) >= 11 is 1.30. The van der Waals surface area contributed by atoms with Gasteiger partial charge in [0.2, 0.25) is 0 Å². The molecule has 0 aliphatic rings. The highest BCUT2D eigenvalue weighted by molar-refractivity contribution is 7.99. The highest BCUT2D eigenvalue weighted by atomic mass is 32.2. The molecule has 0 fully saturated rings. The molecule has 2 rings (SSSR count). The monoisotopic (exact) mass is 220 g/mol. The van der Waals surface area contributed by atoms with Gasteiger partial charge in [0.15, 0.2) is 5.09 Å². The predicted molar refractivity (Wildman–Crippen MR) is 56.2 cm³/mol. The van der Waals surface area contributed by atoms with E-state index in [4.69, 9.17) is 9.52 Å². The van der Waals surface area contributed by atoms with Gasteiger partial charge in [-0.1, -0.05) is 23.9 Å². The fourth-order valence-electron chi connectivity index (χ4n) is 1.16. The summed E-state index contributed by atoms with van der Waals surface area (Å²) in [7, 11) is 0. The minimum absolute atomic E-state index is 0.291. The van der Waals surface area contributed by atoms with Gasteiger partial charge in [-0.25, -0.2) is 4.79 Å². The van der Waals surface area contributed by atoms with E-state index in [1.807, 2.05) is 0 Å². The van der Waals surface area contributed by atoms with Gasteiger partial charge >= 0.3 is 5.97 Å². The third-order valence-corrected chi connectivity index (χ3v) is 2.83. The summed E-state index contributed by atoms with van der Waals surface area (Å²) in [4.78, 5) is 11.6. The Morgan fingerprint density at radius 2 is 2.00 bits per heavy atom. The molecule has 2 aromatic rings. The third-order valence-electron chi connectivity index (χ3n) is 1.82. The van der Waals surface area contributed by atoms with Crippen LogP contribution in [0.15, 0.2) is 57.1 Å². The van der Waals surface area contributed by atoms with E-state index >= 15 is 0 Å². The van der Waals surface area contributed by atoms with Gasteiger partial charge in [0.1, 0.15) is 0 Å². The van der Waals surface area contributed by atoms with Crippen LogP contribution < -0.4 is 0 Å². The lowest BCUT2D eigenvalue weighted by Gasteiger charge is -2.02. The van der Waals surface area contributed by atoms with E-state index in [1.165, 1.54) is 11.8 Å². The zero-order chi connectivity index (χ0) is 10.7. The lowest BCUT2D eigenvalue weighted by atomic mass is 10.2. The topological polar surface area (TPSA) is 50.4 Å². The van der Waals surface area contributed by atoms with Crippen molar-refractivity contribution in [1.82, 2.24) is 0 Å². The Bertz CT molecular complexity index is 462. The molecule has 0 bridgehead atoms. The van der Waals surface area contributed by atoms with Gasteiger partial charge in [0, 0.05) is 4.90 Å². The number of carbonyl (C=O) groups is 1. The van der Waals surface area contributed by atoms with Gasteiger partial charge in [-0.2, -0.15) is 0 Å². The molecule has 0 atom stereocenters. The maximum atomic E-state index is 10.9. The van der Waals surface area contributed by atoms with E-state index in [0.29, 0.717) is 15.6 Å². The lowest BCUT2D eigenvalue weighted by Crippen LogP contribution is -1.97. The first-order chi connectivity index (χ1) is 7.27. The standard InChI is InChI=1S/C11H8O3S/c12-11(13)8-4-1-2-5-9(8)15-10-6-3-7-14-10/h1-7H,(H,12,13). The van der Waals surface area contributed by atoms with Crippen molar-refractivity contribution >= 4 is 17.7 Å². The minimum Gasteiger partial charge on any atom is -0.478 e. The number of carboxylic acids is 1. The first-order valence-electron chi connectivity index (χ1n) is 4.31. The van der Waals surface area contributed by atoms with Crippen molar-refractivity contribution in [3.05, 3.63) is 48.2 Å². The second kappa shape index (κ2) is 4.23. The van der Waals surface area contributed by atoms with Crippen LogP contribution in [0.3, 0.4) is 0 Å². The van der Waals surface area contributed by atoms with Gasteiger partial charge in [-0.05, 0) is 24.3 Å². The normalized spacial score (nSPS) is 10.1. The number of benzene rings is 1. The predicted octanol–water partition coefficient (Wildman–Crippen LogP) is 3.13. The van der Waals surface area contributed by atoms with Crippen LogP contribution in [0.5, 0.6) is 0 Å². The average molecular weight is 220 g/mol. The molecule has 0 radical (unpaired) electrons. The highest BCUT2D eigenvalue weighted by Gasteiger charge is 2.10. The molecular weight excluding hydrogens is 212 g/mol. The average Bonchev–Trinajstić information content (AvgIpc) is 2.71. The third kappa shape index (κ3) is 2.22. The fourth-order valence-corrected chi connectivity index (χ4v) is 2.04. The molecule has 1 aromatic heterocycles. The van der Waals surface area contributed by atoms with Crippen molar-refractivity contribution in [2.75, 3.05) is 0 Å². The SMILES string of the molecule is O=C(O)c1ccccc1Sc1ccco1. The van der Waals surface area contributed by atoms with Gasteiger partial charge in [-0.3, -0.25) is 0 Å². The minimum atomic E-state index is -0.926. The number of hydrogen-bond acceptors (Lipinski definition) is 3. The van der Waals surface area contributed by atoms with Gasteiger partial charge in [-0.15, -0.1) is 0 Å². The molecule has 3 nitrogen and oxygen atoms in total. The van der Waals surface area contributed by atoms with Gasteiger partial charge in [0.25, 0.3) is 0 Å². The molecular formula is C11H8O3S. The van der Waals surface area contributed by atoms with Crippen molar-refractivity contribution in [1.29, 1.82) is 0 Å². The molecule has 4 heteroatoms. The molecule has 0 aliphatic heterocycles. The number of hydrogen-bond donors (Lipinski definition) is 1. The lowest BCUT2D eigenvalue weighted by molar-refractivity contribution is 0.0693. The summed E-state index contributed by atoms with van der Waals surface area (Å²) < 4.78 is 5.14. The Balaban J connectivity index is 2.32. The molecule has 0 aliphatic carbocycles. The van der Waals surface area contributed by atoms with E-state index < -0.39 is 5.97 Å². The van der Waals surface area contributed by atoms with E-state index in [1.54, 1.807) is 42.7 Å². The fraction of sp³-hybridized carbons (Fsp3) is 0. The Labute approximate surface area is 90.7 Å². The van der Waals surface area contributed by atoms with Crippen LogP contribution in [0.1, 0.15) is 10.4 Å². The van der Waals surface area contributed by atoms with Crippen LogP contribution in [-0.4, -0.2) is 11.1 Å². The van der Waals surface area contributed by atoms with Crippen molar-refractivity contribution < 1.29 is 14.3 Å². The summed E-state index contributed by atoms with van der Waals surface area (Å²) in [5, 5.41) is 9.63. The molecule has 1 aromatic carbocycles. The first-order valence-corrected chi connectivity index (χ1v) is 5.12. The molecule has 0 unspecified atom stereocenters. The summed E-state index contributed by atoms with van der Waals surface area (Å²) in [5.74, 6) is -0.926. The van der Waals surface area contributed by atoms with Crippen molar-refractivity contribution in [2.24, 2.45) is 0 Å². The number of aromatic carboxylic acids is 1. The van der Waals surface area contributed by atoms with Gasteiger partial charge in [0.05, 0.1) is 11.8 Å². The second-order valence-corrected chi connectivity index (χ2v) is 3.88. The molecule has 76 valence electrons. The Hall–Kier alpha value is -1.68. The highest BCUT2D eigenvalue weighted by Crippen LogP contribution is 2.30.